The van der Waals surface area contributed by atoms with E-state index in [1.807, 2.05) is 0 Å². The molecule has 19 heavy (non-hydrogen) atoms. The second kappa shape index (κ2) is 5.29. The third kappa shape index (κ3) is 3.03. The van der Waals surface area contributed by atoms with Crippen LogP contribution in [0.15, 0.2) is 18.2 Å². The molecule has 0 amide bonds. The molecule has 0 aromatic heterocycles. The molecule has 1 unspecified atom stereocenters. The summed E-state index contributed by atoms with van der Waals surface area (Å²) in [4.78, 5) is 0. The lowest BCUT2D eigenvalue weighted by Crippen LogP contribution is -2.27. The second-order valence-electron chi connectivity index (χ2n) is 5.71. The van der Waals surface area contributed by atoms with Crippen LogP contribution in [0, 0.1) is 5.82 Å². The Hall–Kier alpha value is -0.800. The fourth-order valence-corrected chi connectivity index (χ4v) is 3.54. The van der Waals surface area contributed by atoms with Crippen molar-refractivity contribution in [3.05, 3.63) is 29.0 Å². The van der Waals surface area contributed by atoms with Crippen LogP contribution in [0.3, 0.4) is 0 Å². The molecule has 1 spiro atoms. The highest BCUT2D eigenvalue weighted by Crippen LogP contribution is 2.43. The van der Waals surface area contributed by atoms with Crippen LogP contribution in [-0.4, -0.2) is 18.2 Å². The summed E-state index contributed by atoms with van der Waals surface area (Å²) in [6, 6.07) is 4.52. The van der Waals surface area contributed by atoms with Crippen LogP contribution in [-0.2, 0) is 4.74 Å². The summed E-state index contributed by atoms with van der Waals surface area (Å²) in [7, 11) is 0. The maximum Gasteiger partial charge on any atom is 0.126 e. The van der Waals surface area contributed by atoms with E-state index in [4.69, 9.17) is 16.3 Å². The predicted octanol–water partition coefficient (Wildman–Crippen LogP) is 4.38. The first kappa shape index (κ1) is 13.2. The molecule has 1 aromatic carbocycles. The Labute approximate surface area is 118 Å². The fourth-order valence-electron chi connectivity index (χ4n) is 3.31. The molecule has 1 aliphatic heterocycles. The van der Waals surface area contributed by atoms with Crippen molar-refractivity contribution >= 4 is 17.3 Å². The van der Waals surface area contributed by atoms with E-state index in [9.17, 15) is 4.39 Å². The summed E-state index contributed by atoms with van der Waals surface area (Å²) in [6.07, 6.45) is 7.49. The van der Waals surface area contributed by atoms with Crippen LogP contribution in [0.1, 0.15) is 38.5 Å². The van der Waals surface area contributed by atoms with Crippen molar-refractivity contribution in [2.75, 3.05) is 11.9 Å². The van der Waals surface area contributed by atoms with Crippen molar-refractivity contribution < 1.29 is 9.13 Å². The van der Waals surface area contributed by atoms with Crippen LogP contribution in [0.5, 0.6) is 0 Å². The van der Waals surface area contributed by atoms with E-state index in [1.54, 1.807) is 6.07 Å². The SMILES string of the molecule is Fc1cc(Cl)cc(NCC2CCC3(CCCC3)O2)c1. The Morgan fingerprint density at radius 2 is 2.05 bits per heavy atom. The molecule has 1 N–H and O–H groups in total. The summed E-state index contributed by atoms with van der Waals surface area (Å²) in [5.74, 6) is -0.311. The molecule has 2 fully saturated rings. The Morgan fingerprint density at radius 3 is 2.79 bits per heavy atom. The monoisotopic (exact) mass is 283 g/mol. The van der Waals surface area contributed by atoms with Gasteiger partial charge in [0.05, 0.1) is 11.7 Å². The van der Waals surface area contributed by atoms with Gasteiger partial charge in [-0.15, -0.1) is 0 Å². The van der Waals surface area contributed by atoms with Crippen molar-refractivity contribution in [1.82, 2.24) is 0 Å². The van der Waals surface area contributed by atoms with Crippen molar-refractivity contribution in [1.29, 1.82) is 0 Å². The summed E-state index contributed by atoms with van der Waals surface area (Å²) in [5.41, 5.74) is 0.882. The van der Waals surface area contributed by atoms with Gasteiger partial charge in [0.15, 0.2) is 0 Å². The van der Waals surface area contributed by atoms with Crippen LogP contribution >= 0.6 is 11.6 Å². The molecule has 1 heterocycles. The molecule has 1 saturated heterocycles. The first-order valence-electron chi connectivity index (χ1n) is 7.03. The van der Waals surface area contributed by atoms with Gasteiger partial charge in [0.1, 0.15) is 5.82 Å². The Bertz CT molecular complexity index is 439. The first-order valence-corrected chi connectivity index (χ1v) is 7.41. The number of nitrogens with one attached hydrogen (secondary N) is 1. The quantitative estimate of drug-likeness (QED) is 0.889. The van der Waals surface area contributed by atoms with E-state index in [1.165, 1.54) is 44.2 Å². The largest absolute Gasteiger partial charge is 0.382 e. The lowest BCUT2D eigenvalue weighted by atomic mass is 9.98. The number of halogens is 2. The highest BCUT2D eigenvalue weighted by molar-refractivity contribution is 6.30. The molecule has 4 heteroatoms. The van der Waals surface area contributed by atoms with Crippen LogP contribution < -0.4 is 5.32 Å². The average Bonchev–Trinajstić information content (AvgIpc) is 2.97. The number of anilines is 1. The van der Waals surface area contributed by atoms with Gasteiger partial charge in [-0.05, 0) is 43.9 Å². The van der Waals surface area contributed by atoms with Gasteiger partial charge in [-0.3, -0.25) is 0 Å². The maximum absolute atomic E-state index is 13.2. The van der Waals surface area contributed by atoms with Gasteiger partial charge in [-0.2, -0.15) is 0 Å². The lowest BCUT2D eigenvalue weighted by Gasteiger charge is -2.24. The van der Waals surface area contributed by atoms with Gasteiger partial charge in [0.25, 0.3) is 0 Å². The minimum atomic E-state index is -0.311. The Morgan fingerprint density at radius 1 is 1.26 bits per heavy atom. The number of rotatable bonds is 3. The van der Waals surface area contributed by atoms with Gasteiger partial charge in [-0.1, -0.05) is 24.4 Å². The molecule has 2 aliphatic rings. The fraction of sp³-hybridized carbons (Fsp3) is 0.600. The van der Waals surface area contributed by atoms with Crippen molar-refractivity contribution in [3.63, 3.8) is 0 Å². The second-order valence-corrected chi connectivity index (χ2v) is 6.14. The zero-order valence-corrected chi connectivity index (χ0v) is 11.7. The molecule has 3 rings (SSSR count). The number of ether oxygens (including phenoxy) is 1. The Balaban J connectivity index is 1.55. The smallest absolute Gasteiger partial charge is 0.126 e. The molecule has 1 aliphatic carbocycles. The molecule has 1 aromatic rings. The minimum absolute atomic E-state index is 0.159. The molecule has 1 atom stereocenters. The van der Waals surface area contributed by atoms with E-state index in [2.05, 4.69) is 5.32 Å². The van der Waals surface area contributed by atoms with E-state index in [0.717, 1.165) is 18.7 Å². The molecule has 0 bridgehead atoms. The maximum atomic E-state index is 13.2. The van der Waals surface area contributed by atoms with Crippen molar-refractivity contribution in [2.24, 2.45) is 0 Å². The number of hydrogen-bond acceptors (Lipinski definition) is 2. The van der Waals surface area contributed by atoms with Crippen LogP contribution in [0.25, 0.3) is 0 Å². The van der Waals surface area contributed by atoms with Gasteiger partial charge in [0.2, 0.25) is 0 Å². The molecular formula is C15H19ClFNO. The van der Waals surface area contributed by atoms with E-state index in [0.29, 0.717) is 5.02 Å². The highest BCUT2D eigenvalue weighted by Gasteiger charge is 2.41. The van der Waals surface area contributed by atoms with Crippen molar-refractivity contribution in [2.45, 2.75) is 50.2 Å². The molecule has 0 radical (unpaired) electrons. The van der Waals surface area contributed by atoms with E-state index < -0.39 is 0 Å². The zero-order valence-electron chi connectivity index (χ0n) is 10.9. The molecule has 104 valence electrons. The third-order valence-corrected chi connectivity index (χ3v) is 4.47. The molecular weight excluding hydrogens is 265 g/mol. The summed E-state index contributed by atoms with van der Waals surface area (Å²) >= 11 is 5.83. The number of hydrogen-bond donors (Lipinski definition) is 1. The standard InChI is InChI=1S/C15H19ClFNO/c16-11-7-12(17)9-13(8-11)18-10-14-3-6-15(19-14)4-1-2-5-15/h7-9,14,18H,1-6,10H2. The topological polar surface area (TPSA) is 21.3 Å². The molecule has 1 saturated carbocycles. The highest BCUT2D eigenvalue weighted by atomic mass is 35.5. The van der Waals surface area contributed by atoms with Gasteiger partial charge in [0, 0.05) is 17.3 Å². The van der Waals surface area contributed by atoms with E-state index in [-0.39, 0.29) is 17.5 Å². The third-order valence-electron chi connectivity index (χ3n) is 4.25. The van der Waals surface area contributed by atoms with E-state index >= 15 is 0 Å². The van der Waals surface area contributed by atoms with Crippen molar-refractivity contribution in [3.8, 4) is 0 Å². The summed E-state index contributed by atoms with van der Waals surface area (Å²) < 4.78 is 19.4. The number of benzene rings is 1. The average molecular weight is 284 g/mol. The summed E-state index contributed by atoms with van der Waals surface area (Å²) in [6.45, 7) is 0.724. The lowest BCUT2D eigenvalue weighted by molar-refractivity contribution is -0.0307. The van der Waals surface area contributed by atoms with Crippen LogP contribution in [0.4, 0.5) is 10.1 Å². The first-order chi connectivity index (χ1) is 9.15. The molecule has 2 nitrogen and oxygen atoms in total. The minimum Gasteiger partial charge on any atom is -0.382 e. The van der Waals surface area contributed by atoms with Gasteiger partial charge < -0.3 is 10.1 Å². The normalized spacial score (nSPS) is 25.1. The Kier molecular flexibility index (Phi) is 3.68. The van der Waals surface area contributed by atoms with Gasteiger partial charge >= 0.3 is 0 Å². The van der Waals surface area contributed by atoms with Gasteiger partial charge in [-0.25, -0.2) is 4.39 Å². The zero-order chi connectivity index (χ0) is 13.3. The predicted molar refractivity (Wildman–Crippen MR) is 75.2 cm³/mol. The summed E-state index contributed by atoms with van der Waals surface area (Å²) in [5, 5.41) is 3.64. The van der Waals surface area contributed by atoms with Crippen LogP contribution in [0.2, 0.25) is 5.02 Å².